The largest absolute Gasteiger partial charge is 0.380 e. The van der Waals surface area contributed by atoms with Crippen molar-refractivity contribution in [3.05, 3.63) is 0 Å². The molecule has 0 saturated heterocycles. The standard InChI is InChI=1S/C14H26N2O3/c1-12(17)14(7-4-3-5-8-14)16-13(18)6-10-19-11-9-15-2/h15H,3-11H2,1-2H3,(H,16,18). The fourth-order valence-electron chi connectivity index (χ4n) is 2.49. The van der Waals surface area contributed by atoms with Crippen molar-refractivity contribution in [1.29, 1.82) is 0 Å². The number of ketones is 1. The third-order valence-corrected chi connectivity index (χ3v) is 3.73. The summed E-state index contributed by atoms with van der Waals surface area (Å²) in [5.74, 6) is -0.00166. The average Bonchev–Trinajstić information content (AvgIpc) is 2.39. The zero-order valence-electron chi connectivity index (χ0n) is 12.1. The third-order valence-electron chi connectivity index (χ3n) is 3.73. The van der Waals surface area contributed by atoms with Crippen LogP contribution in [-0.4, -0.2) is 44.0 Å². The Balaban J connectivity index is 2.33. The van der Waals surface area contributed by atoms with E-state index >= 15 is 0 Å². The van der Waals surface area contributed by atoms with Crippen molar-refractivity contribution in [1.82, 2.24) is 10.6 Å². The van der Waals surface area contributed by atoms with E-state index < -0.39 is 5.54 Å². The van der Waals surface area contributed by atoms with Crippen LogP contribution in [0, 0.1) is 0 Å². The average molecular weight is 270 g/mol. The molecule has 0 aromatic rings. The highest BCUT2D eigenvalue weighted by Crippen LogP contribution is 2.29. The van der Waals surface area contributed by atoms with E-state index in [9.17, 15) is 9.59 Å². The van der Waals surface area contributed by atoms with Gasteiger partial charge in [0, 0.05) is 13.0 Å². The molecule has 5 nitrogen and oxygen atoms in total. The first kappa shape index (κ1) is 16.1. The maximum Gasteiger partial charge on any atom is 0.223 e. The summed E-state index contributed by atoms with van der Waals surface area (Å²) in [6, 6.07) is 0. The molecule has 1 saturated carbocycles. The number of ether oxygens (including phenoxy) is 1. The van der Waals surface area contributed by atoms with Crippen molar-refractivity contribution >= 4 is 11.7 Å². The van der Waals surface area contributed by atoms with Crippen molar-refractivity contribution in [2.45, 2.75) is 51.0 Å². The molecule has 0 atom stereocenters. The van der Waals surface area contributed by atoms with E-state index in [1.165, 1.54) is 0 Å². The molecule has 0 aromatic heterocycles. The maximum absolute atomic E-state index is 11.9. The first-order valence-corrected chi connectivity index (χ1v) is 7.15. The lowest BCUT2D eigenvalue weighted by Crippen LogP contribution is -2.54. The summed E-state index contributed by atoms with van der Waals surface area (Å²) in [6.07, 6.45) is 5.04. The Hall–Kier alpha value is -0.940. The van der Waals surface area contributed by atoms with E-state index in [4.69, 9.17) is 4.74 Å². The Morgan fingerprint density at radius 3 is 2.42 bits per heavy atom. The molecule has 0 radical (unpaired) electrons. The zero-order valence-corrected chi connectivity index (χ0v) is 12.1. The van der Waals surface area contributed by atoms with Gasteiger partial charge < -0.3 is 15.4 Å². The van der Waals surface area contributed by atoms with Gasteiger partial charge in [0.15, 0.2) is 5.78 Å². The highest BCUT2D eigenvalue weighted by atomic mass is 16.5. The summed E-state index contributed by atoms with van der Waals surface area (Å²) in [4.78, 5) is 23.7. The molecule has 1 fully saturated rings. The van der Waals surface area contributed by atoms with Crippen LogP contribution in [0.2, 0.25) is 0 Å². The second-order valence-electron chi connectivity index (χ2n) is 5.21. The van der Waals surface area contributed by atoms with Gasteiger partial charge in [-0.3, -0.25) is 9.59 Å². The van der Waals surface area contributed by atoms with Gasteiger partial charge in [-0.15, -0.1) is 0 Å². The lowest BCUT2D eigenvalue weighted by atomic mass is 9.79. The summed E-state index contributed by atoms with van der Waals surface area (Å²) in [5.41, 5.74) is -0.611. The highest BCUT2D eigenvalue weighted by molar-refractivity contribution is 5.91. The van der Waals surface area contributed by atoms with Crippen molar-refractivity contribution in [2.75, 3.05) is 26.8 Å². The molecular weight excluding hydrogens is 244 g/mol. The summed E-state index contributed by atoms with van der Waals surface area (Å²) < 4.78 is 5.32. The quantitative estimate of drug-likeness (QED) is 0.646. The highest BCUT2D eigenvalue weighted by Gasteiger charge is 2.37. The van der Waals surface area contributed by atoms with Gasteiger partial charge in [0.05, 0.1) is 18.8 Å². The van der Waals surface area contributed by atoms with Gasteiger partial charge >= 0.3 is 0 Å². The zero-order chi connectivity index (χ0) is 14.1. The van der Waals surface area contributed by atoms with E-state index in [0.29, 0.717) is 19.6 Å². The first-order valence-electron chi connectivity index (χ1n) is 7.15. The van der Waals surface area contributed by atoms with Crippen LogP contribution in [0.1, 0.15) is 45.4 Å². The number of Topliss-reactive ketones (excluding diaryl/α,β-unsaturated/α-hetero) is 1. The van der Waals surface area contributed by atoms with Crippen LogP contribution >= 0.6 is 0 Å². The Kier molecular flexibility index (Phi) is 7.02. The van der Waals surface area contributed by atoms with Gasteiger partial charge in [0.25, 0.3) is 0 Å². The number of nitrogens with one attached hydrogen (secondary N) is 2. The van der Waals surface area contributed by atoms with Crippen LogP contribution < -0.4 is 10.6 Å². The summed E-state index contributed by atoms with van der Waals surface area (Å²) in [5, 5.41) is 5.91. The Morgan fingerprint density at radius 2 is 1.84 bits per heavy atom. The smallest absolute Gasteiger partial charge is 0.223 e. The van der Waals surface area contributed by atoms with Gasteiger partial charge in [-0.1, -0.05) is 19.3 Å². The van der Waals surface area contributed by atoms with Gasteiger partial charge in [0.1, 0.15) is 0 Å². The van der Waals surface area contributed by atoms with E-state index in [2.05, 4.69) is 10.6 Å². The molecule has 1 rings (SSSR count). The second kappa shape index (κ2) is 8.27. The molecule has 19 heavy (non-hydrogen) atoms. The van der Waals surface area contributed by atoms with Crippen molar-refractivity contribution in [3.63, 3.8) is 0 Å². The molecule has 0 unspecified atom stereocenters. The van der Waals surface area contributed by atoms with Crippen molar-refractivity contribution in [2.24, 2.45) is 0 Å². The van der Waals surface area contributed by atoms with Crippen molar-refractivity contribution in [3.8, 4) is 0 Å². The molecule has 0 aromatic carbocycles. The van der Waals surface area contributed by atoms with Crippen LogP contribution in [0.5, 0.6) is 0 Å². The van der Waals surface area contributed by atoms with Gasteiger partial charge in [0.2, 0.25) is 5.91 Å². The minimum atomic E-state index is -0.611. The number of rotatable bonds is 8. The summed E-state index contributed by atoms with van der Waals surface area (Å²) in [6.45, 7) is 3.36. The minimum absolute atomic E-state index is 0.0802. The SMILES string of the molecule is CNCCOCCC(=O)NC1(C(C)=O)CCCCC1. The Morgan fingerprint density at radius 1 is 1.16 bits per heavy atom. The lowest BCUT2D eigenvalue weighted by Gasteiger charge is -2.35. The molecule has 1 aliphatic carbocycles. The van der Waals surface area contributed by atoms with Crippen LogP contribution in [0.15, 0.2) is 0 Å². The monoisotopic (exact) mass is 270 g/mol. The number of amides is 1. The van der Waals surface area contributed by atoms with Crippen LogP contribution in [0.3, 0.4) is 0 Å². The number of hydrogen-bond acceptors (Lipinski definition) is 4. The minimum Gasteiger partial charge on any atom is -0.380 e. The molecule has 0 spiro atoms. The lowest BCUT2D eigenvalue weighted by molar-refractivity contribution is -0.132. The van der Waals surface area contributed by atoms with Crippen LogP contribution in [0.25, 0.3) is 0 Å². The number of carbonyl (C=O) groups is 2. The van der Waals surface area contributed by atoms with Crippen molar-refractivity contribution < 1.29 is 14.3 Å². The normalized spacial score (nSPS) is 18.0. The van der Waals surface area contributed by atoms with E-state index in [1.54, 1.807) is 6.92 Å². The number of hydrogen-bond donors (Lipinski definition) is 2. The topological polar surface area (TPSA) is 67.4 Å². The first-order chi connectivity index (χ1) is 9.10. The van der Waals surface area contributed by atoms with Gasteiger partial charge in [-0.25, -0.2) is 0 Å². The van der Waals surface area contributed by atoms with Gasteiger partial charge in [-0.05, 0) is 26.8 Å². The van der Waals surface area contributed by atoms with Crippen LogP contribution in [0.4, 0.5) is 0 Å². The van der Waals surface area contributed by atoms with E-state index in [-0.39, 0.29) is 11.7 Å². The molecule has 0 aliphatic heterocycles. The van der Waals surface area contributed by atoms with E-state index in [1.807, 2.05) is 7.05 Å². The Labute approximate surface area is 115 Å². The second-order valence-corrected chi connectivity index (χ2v) is 5.21. The molecule has 110 valence electrons. The molecule has 2 N–H and O–H groups in total. The predicted molar refractivity (Wildman–Crippen MR) is 74.0 cm³/mol. The van der Waals surface area contributed by atoms with Gasteiger partial charge in [-0.2, -0.15) is 0 Å². The molecule has 0 heterocycles. The third kappa shape index (κ3) is 5.28. The fraction of sp³-hybridized carbons (Fsp3) is 0.857. The summed E-state index contributed by atoms with van der Waals surface area (Å²) >= 11 is 0. The maximum atomic E-state index is 11.9. The summed E-state index contributed by atoms with van der Waals surface area (Å²) in [7, 11) is 1.86. The fourth-order valence-corrected chi connectivity index (χ4v) is 2.49. The molecular formula is C14H26N2O3. The Bertz CT molecular complexity index is 299. The molecule has 1 aliphatic rings. The predicted octanol–water partition coefficient (Wildman–Crippen LogP) is 1.02. The molecule has 0 bridgehead atoms. The van der Waals surface area contributed by atoms with Crippen LogP contribution in [-0.2, 0) is 14.3 Å². The number of carbonyl (C=O) groups excluding carboxylic acids is 2. The molecule has 5 heteroatoms. The number of likely N-dealkylation sites (N-methyl/N-ethyl adjacent to an activating group) is 1. The molecule has 1 amide bonds. The van der Waals surface area contributed by atoms with E-state index in [0.717, 1.165) is 38.6 Å².